The van der Waals surface area contributed by atoms with Crippen molar-refractivity contribution in [2.75, 3.05) is 13.2 Å². The van der Waals surface area contributed by atoms with Gasteiger partial charge in [-0.05, 0) is 49.3 Å². The van der Waals surface area contributed by atoms with Crippen LogP contribution in [-0.4, -0.2) is 30.3 Å². The molecule has 0 saturated heterocycles. The summed E-state index contributed by atoms with van der Waals surface area (Å²) in [6, 6.07) is 6.10. The molecule has 4 heteroatoms. The van der Waals surface area contributed by atoms with E-state index >= 15 is 0 Å². The molecule has 2 unspecified atom stereocenters. The van der Waals surface area contributed by atoms with Crippen LogP contribution in [0.15, 0.2) is 18.2 Å². The zero-order chi connectivity index (χ0) is 16.7. The highest BCUT2D eigenvalue weighted by Gasteiger charge is 2.18. The van der Waals surface area contributed by atoms with Gasteiger partial charge in [-0.1, -0.05) is 32.9 Å². The van der Waals surface area contributed by atoms with Crippen LogP contribution in [-0.2, 0) is 4.79 Å². The number of carbonyl (C=O) groups excluding carboxylic acids is 1. The van der Waals surface area contributed by atoms with Gasteiger partial charge >= 0.3 is 0 Å². The van der Waals surface area contributed by atoms with Crippen molar-refractivity contribution in [1.29, 1.82) is 0 Å². The number of hydrogen-bond donors (Lipinski definition) is 2. The zero-order valence-corrected chi connectivity index (χ0v) is 14.3. The predicted molar refractivity (Wildman–Crippen MR) is 89.2 cm³/mol. The van der Waals surface area contributed by atoms with Gasteiger partial charge in [0.1, 0.15) is 5.75 Å². The fourth-order valence-electron chi connectivity index (χ4n) is 2.21. The van der Waals surface area contributed by atoms with E-state index in [4.69, 9.17) is 9.84 Å². The smallest absolute Gasteiger partial charge is 0.260 e. The van der Waals surface area contributed by atoms with Crippen LogP contribution in [0.5, 0.6) is 5.75 Å². The molecule has 0 radical (unpaired) electrons. The van der Waals surface area contributed by atoms with Gasteiger partial charge in [-0.3, -0.25) is 4.79 Å². The van der Waals surface area contributed by atoms with Crippen LogP contribution >= 0.6 is 0 Å². The number of amides is 1. The van der Waals surface area contributed by atoms with Crippen molar-refractivity contribution in [1.82, 2.24) is 5.32 Å². The maximum Gasteiger partial charge on any atom is 0.260 e. The third kappa shape index (κ3) is 5.68. The van der Waals surface area contributed by atoms with E-state index < -0.39 is 6.10 Å². The second-order valence-corrected chi connectivity index (χ2v) is 6.32. The predicted octanol–water partition coefficient (Wildman–Crippen LogP) is 3.02. The van der Waals surface area contributed by atoms with Gasteiger partial charge < -0.3 is 15.2 Å². The van der Waals surface area contributed by atoms with E-state index in [1.54, 1.807) is 6.92 Å². The van der Waals surface area contributed by atoms with Crippen LogP contribution < -0.4 is 10.1 Å². The summed E-state index contributed by atoms with van der Waals surface area (Å²) >= 11 is 0. The third-order valence-electron chi connectivity index (χ3n) is 3.71. The number of ether oxygens (including phenoxy) is 1. The molecule has 0 aliphatic heterocycles. The maximum absolute atomic E-state index is 12.1. The molecule has 1 rings (SSSR count). The van der Waals surface area contributed by atoms with E-state index in [1.807, 2.05) is 19.9 Å². The third-order valence-corrected chi connectivity index (χ3v) is 3.71. The second-order valence-electron chi connectivity index (χ2n) is 6.32. The van der Waals surface area contributed by atoms with Gasteiger partial charge in [-0.15, -0.1) is 0 Å². The molecule has 0 aromatic heterocycles. The number of benzene rings is 1. The van der Waals surface area contributed by atoms with E-state index in [2.05, 4.69) is 31.3 Å². The van der Waals surface area contributed by atoms with E-state index in [0.29, 0.717) is 18.9 Å². The number of aliphatic hydroxyl groups excluding tert-OH is 1. The molecule has 2 N–H and O–H groups in total. The standard InChI is InChI=1S/C18H29NO3/c1-12(2)16-7-6-13(3)10-17(16)22-15(5)18(21)19-11-14(4)8-9-20/h6-7,10,12,14-15,20H,8-9,11H2,1-5H3,(H,19,21). The molecule has 2 atom stereocenters. The van der Waals surface area contributed by atoms with Gasteiger partial charge in [0.2, 0.25) is 0 Å². The molecule has 0 saturated carbocycles. The minimum Gasteiger partial charge on any atom is -0.481 e. The van der Waals surface area contributed by atoms with Crippen molar-refractivity contribution in [2.24, 2.45) is 5.92 Å². The van der Waals surface area contributed by atoms with Gasteiger partial charge in [0.15, 0.2) is 6.10 Å². The lowest BCUT2D eigenvalue weighted by Crippen LogP contribution is -2.38. The van der Waals surface area contributed by atoms with Crippen LogP contribution in [0.2, 0.25) is 0 Å². The molecule has 1 aromatic rings. The minimum atomic E-state index is -0.541. The summed E-state index contributed by atoms with van der Waals surface area (Å²) in [6.07, 6.45) is 0.144. The zero-order valence-electron chi connectivity index (χ0n) is 14.3. The number of hydrogen-bond acceptors (Lipinski definition) is 3. The molecular formula is C18H29NO3. The summed E-state index contributed by atoms with van der Waals surface area (Å²) in [5, 5.41) is 11.8. The molecule has 0 aliphatic carbocycles. The number of aliphatic hydroxyl groups is 1. The number of aryl methyl sites for hydroxylation is 1. The van der Waals surface area contributed by atoms with Gasteiger partial charge in [-0.25, -0.2) is 0 Å². The first-order valence-corrected chi connectivity index (χ1v) is 8.01. The molecule has 124 valence electrons. The van der Waals surface area contributed by atoms with Crippen molar-refractivity contribution in [2.45, 2.75) is 53.1 Å². The number of nitrogens with one attached hydrogen (secondary N) is 1. The van der Waals surface area contributed by atoms with Crippen molar-refractivity contribution < 1.29 is 14.6 Å². The van der Waals surface area contributed by atoms with Crippen molar-refractivity contribution >= 4 is 5.91 Å². The van der Waals surface area contributed by atoms with Crippen molar-refractivity contribution in [3.8, 4) is 5.75 Å². The van der Waals surface area contributed by atoms with E-state index in [1.165, 1.54) is 0 Å². The summed E-state index contributed by atoms with van der Waals surface area (Å²) in [4.78, 5) is 12.1. The highest BCUT2D eigenvalue weighted by Crippen LogP contribution is 2.28. The van der Waals surface area contributed by atoms with Gasteiger partial charge in [0, 0.05) is 13.2 Å². The molecule has 22 heavy (non-hydrogen) atoms. The van der Waals surface area contributed by atoms with Crippen LogP contribution in [0, 0.1) is 12.8 Å². The molecule has 0 heterocycles. The Morgan fingerprint density at radius 3 is 2.55 bits per heavy atom. The molecule has 0 aliphatic rings. The first-order chi connectivity index (χ1) is 10.3. The molecule has 1 amide bonds. The second kappa shape index (κ2) is 8.79. The monoisotopic (exact) mass is 307 g/mol. The Labute approximate surface area is 133 Å². The van der Waals surface area contributed by atoms with E-state index in [9.17, 15) is 4.79 Å². The van der Waals surface area contributed by atoms with Gasteiger partial charge in [0.25, 0.3) is 5.91 Å². The Bertz CT molecular complexity index is 485. The molecule has 0 fully saturated rings. The van der Waals surface area contributed by atoms with Crippen LogP contribution in [0.3, 0.4) is 0 Å². The van der Waals surface area contributed by atoms with Crippen LogP contribution in [0.25, 0.3) is 0 Å². The summed E-state index contributed by atoms with van der Waals surface area (Å²) < 4.78 is 5.88. The Kier molecular flexibility index (Phi) is 7.39. The first-order valence-electron chi connectivity index (χ1n) is 8.01. The van der Waals surface area contributed by atoms with Gasteiger partial charge in [-0.2, -0.15) is 0 Å². The normalized spacial score (nSPS) is 13.8. The summed E-state index contributed by atoms with van der Waals surface area (Å²) in [6.45, 7) is 10.7. The fraction of sp³-hybridized carbons (Fsp3) is 0.611. The quantitative estimate of drug-likeness (QED) is 0.776. The Hall–Kier alpha value is -1.55. The SMILES string of the molecule is Cc1ccc(C(C)C)c(OC(C)C(=O)NCC(C)CCO)c1. The highest BCUT2D eigenvalue weighted by atomic mass is 16.5. The topological polar surface area (TPSA) is 58.6 Å². The fourth-order valence-corrected chi connectivity index (χ4v) is 2.21. The Balaban J connectivity index is 2.66. The van der Waals surface area contributed by atoms with E-state index in [0.717, 1.165) is 16.9 Å². The molecule has 1 aromatic carbocycles. The van der Waals surface area contributed by atoms with Crippen LogP contribution in [0.1, 0.15) is 51.2 Å². The minimum absolute atomic E-state index is 0.124. The Morgan fingerprint density at radius 1 is 1.27 bits per heavy atom. The maximum atomic E-state index is 12.1. The first kappa shape index (κ1) is 18.5. The van der Waals surface area contributed by atoms with Crippen LogP contribution in [0.4, 0.5) is 0 Å². The summed E-state index contributed by atoms with van der Waals surface area (Å²) in [5.74, 6) is 1.25. The molecule has 0 spiro atoms. The molecule has 4 nitrogen and oxygen atoms in total. The molecular weight excluding hydrogens is 278 g/mol. The van der Waals surface area contributed by atoms with Crippen molar-refractivity contribution in [3.63, 3.8) is 0 Å². The van der Waals surface area contributed by atoms with E-state index in [-0.39, 0.29) is 18.4 Å². The average molecular weight is 307 g/mol. The highest BCUT2D eigenvalue weighted by molar-refractivity contribution is 5.80. The lowest BCUT2D eigenvalue weighted by molar-refractivity contribution is -0.127. The largest absolute Gasteiger partial charge is 0.481 e. The summed E-state index contributed by atoms with van der Waals surface area (Å²) in [7, 11) is 0. The Morgan fingerprint density at radius 2 is 1.95 bits per heavy atom. The number of rotatable bonds is 8. The molecule has 0 bridgehead atoms. The number of carbonyl (C=O) groups is 1. The van der Waals surface area contributed by atoms with Crippen molar-refractivity contribution in [3.05, 3.63) is 29.3 Å². The lowest BCUT2D eigenvalue weighted by Gasteiger charge is -2.20. The lowest BCUT2D eigenvalue weighted by atomic mass is 10.0. The average Bonchev–Trinajstić information content (AvgIpc) is 2.44. The summed E-state index contributed by atoms with van der Waals surface area (Å²) in [5.41, 5.74) is 2.22. The van der Waals surface area contributed by atoms with Gasteiger partial charge in [0.05, 0.1) is 0 Å².